The number of furan rings is 1. The molecule has 0 amide bonds. The topological polar surface area (TPSA) is 19.6 Å². The Hall–Kier alpha value is -8.40. The fraction of sp³-hybridized carbons (Fsp3) is 0.0164. The van der Waals surface area contributed by atoms with Crippen LogP contribution in [0.25, 0.3) is 44.2 Å². The van der Waals surface area contributed by atoms with E-state index in [1.54, 1.807) is 4.90 Å². The van der Waals surface area contributed by atoms with Crippen LogP contribution in [0.4, 0.5) is 34.1 Å². The first-order valence-electron chi connectivity index (χ1n) is 24.0. The monoisotopic (exact) mass is 823 g/mol. The number of hydrogen-bond acceptors (Lipinski definition) is 3. The Morgan fingerprint density at radius 2 is 0.859 bits per heavy atom. The van der Waals surface area contributed by atoms with Crippen LogP contribution in [0.5, 0.6) is 0 Å². The molecule has 0 saturated heterocycles. The maximum Gasteiger partial charge on any atom is 0.135 e. The van der Waals surface area contributed by atoms with E-state index in [0.717, 1.165) is 61.3 Å². The quantitative estimate of drug-likeness (QED) is 0.145. The molecule has 0 N–H and O–H groups in total. The average Bonchev–Trinajstić information content (AvgIpc) is 3.93. The van der Waals surface area contributed by atoms with Gasteiger partial charge in [0.05, 0.1) is 12.3 Å². The zero-order valence-electron chi connectivity index (χ0n) is 39.7. The Labute approximate surface area is 380 Å². The maximum atomic E-state index is 9.24. The third kappa shape index (κ3) is 6.13. The molecule has 3 heteroatoms. The Balaban J connectivity index is 1.09. The zero-order chi connectivity index (χ0) is 46.8. The van der Waals surface area contributed by atoms with Crippen LogP contribution in [0, 0.1) is 0 Å². The van der Waals surface area contributed by atoms with Crippen molar-refractivity contribution in [3.8, 4) is 22.3 Å². The van der Waals surface area contributed by atoms with Gasteiger partial charge in [-0.25, -0.2) is 0 Å². The highest BCUT2D eigenvalue weighted by Gasteiger charge is 2.46. The normalized spacial score (nSPS) is 13.6. The molecular formula is C61H42N2O. The molecule has 12 rings (SSSR count). The fourth-order valence-electron chi connectivity index (χ4n) is 9.86. The first-order chi connectivity index (χ1) is 33.8. The van der Waals surface area contributed by atoms with Gasteiger partial charge >= 0.3 is 0 Å². The molecular weight excluding hydrogens is 777 g/mol. The van der Waals surface area contributed by atoms with Gasteiger partial charge in [-0.1, -0.05) is 176 Å². The average molecular weight is 824 g/mol. The van der Waals surface area contributed by atoms with E-state index >= 15 is 0 Å². The van der Waals surface area contributed by atoms with Crippen LogP contribution in [-0.4, -0.2) is 0 Å². The standard InChI is InChI=1S/C61H42N2O/c1-4-18-43(19-5-1)44-34-36-48(37-35-44)62(47-23-8-3-9-24-47)50-26-17-27-51(41-50)63(52-38-39-60-56(42-52)55-30-12-15-33-59(55)64-60)49-25-16-22-46(40-49)61(45-20-6-2-7-21-45)57-31-13-10-28-53(57)54-29-11-14-32-58(54)61/h1-42H/i3D,8D,9D,23D,24D. The summed E-state index contributed by atoms with van der Waals surface area (Å²) in [6.45, 7) is 0. The maximum absolute atomic E-state index is 9.24. The molecule has 64 heavy (non-hydrogen) atoms. The van der Waals surface area contributed by atoms with E-state index in [-0.39, 0.29) is 17.8 Å². The molecule has 10 aromatic carbocycles. The van der Waals surface area contributed by atoms with Crippen molar-refractivity contribution in [3.05, 3.63) is 277 Å². The van der Waals surface area contributed by atoms with Crippen molar-refractivity contribution >= 4 is 56.1 Å². The first-order valence-corrected chi connectivity index (χ1v) is 21.5. The highest BCUT2D eigenvalue weighted by Crippen LogP contribution is 2.56. The van der Waals surface area contributed by atoms with Crippen LogP contribution in [0.3, 0.4) is 0 Å². The SMILES string of the molecule is [2H]c1c([2H])c([2H])c(N(c2ccc(-c3ccccc3)cc2)c2cccc(N(c3cccc(C4(c5ccccc5)c5ccccc5-c5ccccc54)c3)c3ccc4oc5ccccc5c4c3)c2)c([2H])c1[2H]. The van der Waals surface area contributed by atoms with Crippen molar-refractivity contribution < 1.29 is 11.3 Å². The van der Waals surface area contributed by atoms with Crippen LogP contribution < -0.4 is 9.80 Å². The van der Waals surface area contributed by atoms with Gasteiger partial charge in [-0.05, 0) is 123 Å². The van der Waals surface area contributed by atoms with Gasteiger partial charge in [-0.2, -0.15) is 0 Å². The van der Waals surface area contributed by atoms with E-state index in [9.17, 15) is 2.74 Å². The lowest BCUT2D eigenvalue weighted by Crippen LogP contribution is -2.28. The lowest BCUT2D eigenvalue weighted by atomic mass is 9.67. The lowest BCUT2D eigenvalue weighted by Gasteiger charge is -2.35. The Morgan fingerprint density at radius 1 is 0.344 bits per heavy atom. The smallest absolute Gasteiger partial charge is 0.135 e. The molecule has 3 nitrogen and oxygen atoms in total. The summed E-state index contributed by atoms with van der Waals surface area (Å²) in [5.74, 6) is 0. The minimum absolute atomic E-state index is 0.0498. The highest BCUT2D eigenvalue weighted by molar-refractivity contribution is 6.06. The number of fused-ring (bicyclic) bond motifs is 6. The van der Waals surface area contributed by atoms with Gasteiger partial charge in [0.1, 0.15) is 11.2 Å². The molecule has 1 aliphatic carbocycles. The van der Waals surface area contributed by atoms with Gasteiger partial charge in [-0.15, -0.1) is 0 Å². The minimum atomic E-state index is -0.646. The molecule has 0 unspecified atom stereocenters. The third-order valence-corrected chi connectivity index (χ3v) is 12.6. The molecule has 1 heterocycles. The molecule has 1 aliphatic rings. The number of rotatable bonds is 9. The summed E-state index contributed by atoms with van der Waals surface area (Å²) in [7, 11) is 0. The van der Waals surface area contributed by atoms with Crippen molar-refractivity contribution in [2.45, 2.75) is 5.41 Å². The summed E-state index contributed by atoms with van der Waals surface area (Å²) in [5.41, 5.74) is 13.9. The van der Waals surface area contributed by atoms with E-state index < -0.39 is 23.5 Å². The molecule has 0 fully saturated rings. The van der Waals surface area contributed by atoms with Crippen molar-refractivity contribution in [3.63, 3.8) is 0 Å². The Kier molecular flexibility index (Phi) is 7.83. The van der Waals surface area contributed by atoms with Gasteiger partial charge in [0.15, 0.2) is 0 Å². The van der Waals surface area contributed by atoms with Crippen molar-refractivity contribution in [1.29, 1.82) is 0 Å². The largest absolute Gasteiger partial charge is 0.456 e. The van der Waals surface area contributed by atoms with E-state index in [1.165, 1.54) is 22.3 Å². The van der Waals surface area contributed by atoms with E-state index in [4.69, 9.17) is 8.53 Å². The molecule has 1 aromatic heterocycles. The van der Waals surface area contributed by atoms with Crippen LogP contribution in [-0.2, 0) is 5.41 Å². The van der Waals surface area contributed by atoms with Crippen molar-refractivity contribution in [2.24, 2.45) is 0 Å². The van der Waals surface area contributed by atoms with Crippen LogP contribution in [0.2, 0.25) is 0 Å². The molecule has 11 aromatic rings. The van der Waals surface area contributed by atoms with Crippen LogP contribution >= 0.6 is 0 Å². The van der Waals surface area contributed by atoms with Crippen LogP contribution in [0.15, 0.2) is 259 Å². The number of para-hydroxylation sites is 2. The van der Waals surface area contributed by atoms with Crippen molar-refractivity contribution in [2.75, 3.05) is 9.80 Å². The van der Waals surface area contributed by atoms with E-state index in [0.29, 0.717) is 11.4 Å². The second-order valence-electron chi connectivity index (χ2n) is 16.1. The third-order valence-electron chi connectivity index (χ3n) is 12.6. The molecule has 0 spiro atoms. The molecule has 0 radical (unpaired) electrons. The highest BCUT2D eigenvalue weighted by atomic mass is 16.3. The second-order valence-corrected chi connectivity index (χ2v) is 16.1. The van der Waals surface area contributed by atoms with Gasteiger partial charge in [0.2, 0.25) is 0 Å². The molecule has 0 atom stereocenters. The zero-order valence-corrected chi connectivity index (χ0v) is 34.7. The van der Waals surface area contributed by atoms with E-state index in [2.05, 4.69) is 132 Å². The van der Waals surface area contributed by atoms with Gasteiger partial charge in [-0.3, -0.25) is 0 Å². The fourth-order valence-corrected chi connectivity index (χ4v) is 9.86. The summed E-state index contributed by atoms with van der Waals surface area (Å²) in [6, 6.07) is 75.4. The summed E-state index contributed by atoms with van der Waals surface area (Å²) >= 11 is 0. The number of nitrogens with zero attached hydrogens (tertiary/aromatic N) is 2. The van der Waals surface area contributed by atoms with Gasteiger partial charge in [0, 0.05) is 44.9 Å². The van der Waals surface area contributed by atoms with E-state index in [1.807, 2.05) is 97.1 Å². The minimum Gasteiger partial charge on any atom is -0.456 e. The second kappa shape index (κ2) is 15.5. The summed E-state index contributed by atoms with van der Waals surface area (Å²) in [6.07, 6.45) is 0. The number of benzene rings is 10. The lowest BCUT2D eigenvalue weighted by molar-refractivity contribution is 0.669. The molecule has 0 bridgehead atoms. The van der Waals surface area contributed by atoms with Crippen molar-refractivity contribution in [1.82, 2.24) is 0 Å². The summed E-state index contributed by atoms with van der Waals surface area (Å²) < 4.78 is 50.8. The molecule has 0 aliphatic heterocycles. The Morgan fingerprint density at radius 3 is 1.58 bits per heavy atom. The number of anilines is 6. The van der Waals surface area contributed by atoms with Gasteiger partial charge < -0.3 is 14.2 Å². The summed E-state index contributed by atoms with van der Waals surface area (Å²) in [4.78, 5) is 4.01. The van der Waals surface area contributed by atoms with Gasteiger partial charge in [0.25, 0.3) is 0 Å². The first kappa shape index (κ1) is 32.3. The Bertz CT molecular complexity index is 3680. The molecule has 0 saturated carbocycles. The predicted molar refractivity (Wildman–Crippen MR) is 266 cm³/mol. The predicted octanol–water partition coefficient (Wildman–Crippen LogP) is 16.6. The summed E-state index contributed by atoms with van der Waals surface area (Å²) in [5, 5.41) is 1.98. The molecule has 302 valence electrons. The van der Waals surface area contributed by atoms with Crippen LogP contribution in [0.1, 0.15) is 29.1 Å². The number of hydrogen-bond donors (Lipinski definition) is 0.